The average Bonchev–Trinajstić information content (AvgIpc) is 2.40. The molecule has 0 fully saturated rings. The summed E-state index contributed by atoms with van der Waals surface area (Å²) in [6.45, 7) is 5.90. The summed E-state index contributed by atoms with van der Waals surface area (Å²) in [6, 6.07) is 0. The SMILES string of the molecule is CCOC(=O)C1=C(O)CCC(CC)(C(=O)OCC)C1. The Bertz CT molecular complexity index is 385. The first kappa shape index (κ1) is 15.5. The van der Waals surface area contributed by atoms with E-state index in [9.17, 15) is 14.7 Å². The molecular formula is C14H22O5. The number of aliphatic hydroxyl groups is 1. The van der Waals surface area contributed by atoms with Gasteiger partial charge in [-0.25, -0.2) is 4.79 Å². The van der Waals surface area contributed by atoms with Crippen molar-refractivity contribution >= 4 is 11.9 Å². The highest BCUT2D eigenvalue weighted by atomic mass is 16.5. The van der Waals surface area contributed by atoms with Gasteiger partial charge in [-0.3, -0.25) is 4.79 Å². The van der Waals surface area contributed by atoms with E-state index >= 15 is 0 Å². The Labute approximate surface area is 113 Å². The molecule has 1 N–H and O–H groups in total. The minimum Gasteiger partial charge on any atom is -0.512 e. The van der Waals surface area contributed by atoms with Crippen LogP contribution in [0, 0.1) is 5.41 Å². The van der Waals surface area contributed by atoms with Gasteiger partial charge in [0.25, 0.3) is 0 Å². The van der Waals surface area contributed by atoms with E-state index in [0.717, 1.165) is 0 Å². The van der Waals surface area contributed by atoms with Crippen molar-refractivity contribution in [3.05, 3.63) is 11.3 Å². The molecule has 0 aliphatic heterocycles. The summed E-state index contributed by atoms with van der Waals surface area (Å²) in [5.41, 5.74) is -0.507. The third-order valence-electron chi connectivity index (χ3n) is 3.61. The maximum absolute atomic E-state index is 12.1. The zero-order chi connectivity index (χ0) is 14.5. The predicted molar refractivity (Wildman–Crippen MR) is 69.5 cm³/mol. The van der Waals surface area contributed by atoms with Gasteiger partial charge in [0, 0.05) is 6.42 Å². The van der Waals surface area contributed by atoms with Crippen LogP contribution in [0.25, 0.3) is 0 Å². The highest BCUT2D eigenvalue weighted by Crippen LogP contribution is 2.42. The standard InChI is InChI=1S/C14H22O5/c1-4-14(13(17)19-6-3)8-7-11(15)10(9-14)12(16)18-5-2/h15H,4-9H2,1-3H3. The fourth-order valence-electron chi connectivity index (χ4n) is 2.35. The Morgan fingerprint density at radius 3 is 2.37 bits per heavy atom. The van der Waals surface area contributed by atoms with Gasteiger partial charge in [0.1, 0.15) is 5.76 Å². The fourth-order valence-corrected chi connectivity index (χ4v) is 2.35. The molecule has 0 heterocycles. The second kappa shape index (κ2) is 6.59. The number of hydrogen-bond acceptors (Lipinski definition) is 5. The molecule has 5 heteroatoms. The second-order valence-corrected chi connectivity index (χ2v) is 4.68. The van der Waals surface area contributed by atoms with Gasteiger partial charge in [-0.15, -0.1) is 0 Å². The molecule has 19 heavy (non-hydrogen) atoms. The lowest BCUT2D eigenvalue weighted by atomic mass is 9.71. The first-order valence-corrected chi connectivity index (χ1v) is 6.76. The zero-order valence-electron chi connectivity index (χ0n) is 11.8. The Balaban J connectivity index is 2.97. The van der Waals surface area contributed by atoms with Gasteiger partial charge < -0.3 is 14.6 Å². The van der Waals surface area contributed by atoms with Crippen LogP contribution in [0.5, 0.6) is 0 Å². The largest absolute Gasteiger partial charge is 0.512 e. The molecule has 0 bridgehead atoms. The third kappa shape index (κ3) is 3.28. The molecule has 108 valence electrons. The maximum atomic E-state index is 12.1. The zero-order valence-corrected chi connectivity index (χ0v) is 11.8. The number of carbonyl (C=O) groups excluding carboxylic acids is 2. The van der Waals surface area contributed by atoms with Crippen LogP contribution in [-0.2, 0) is 19.1 Å². The molecular weight excluding hydrogens is 248 g/mol. The van der Waals surface area contributed by atoms with Crippen LogP contribution in [0.1, 0.15) is 46.5 Å². The lowest BCUT2D eigenvalue weighted by molar-refractivity contribution is -0.157. The quantitative estimate of drug-likeness (QED) is 0.777. The fraction of sp³-hybridized carbons (Fsp3) is 0.714. The van der Waals surface area contributed by atoms with Crippen LogP contribution in [0.2, 0.25) is 0 Å². The summed E-state index contributed by atoms with van der Waals surface area (Å²) in [4.78, 5) is 23.9. The van der Waals surface area contributed by atoms with Crippen molar-refractivity contribution in [1.29, 1.82) is 0 Å². The van der Waals surface area contributed by atoms with E-state index in [2.05, 4.69) is 0 Å². The summed E-state index contributed by atoms with van der Waals surface area (Å²) in [7, 11) is 0. The van der Waals surface area contributed by atoms with Crippen LogP contribution < -0.4 is 0 Å². The van der Waals surface area contributed by atoms with Crippen LogP contribution in [0.3, 0.4) is 0 Å². The van der Waals surface area contributed by atoms with Gasteiger partial charge in [-0.1, -0.05) is 6.92 Å². The van der Waals surface area contributed by atoms with E-state index in [1.54, 1.807) is 13.8 Å². The van der Waals surface area contributed by atoms with Crippen LogP contribution in [-0.4, -0.2) is 30.3 Å². The first-order chi connectivity index (χ1) is 9.00. The normalized spacial score (nSPS) is 23.1. The summed E-state index contributed by atoms with van der Waals surface area (Å²) in [5.74, 6) is -0.805. The number of hydrogen-bond donors (Lipinski definition) is 1. The number of carbonyl (C=O) groups is 2. The molecule has 1 rings (SSSR count). The van der Waals surface area contributed by atoms with Crippen molar-refractivity contribution in [3.63, 3.8) is 0 Å². The monoisotopic (exact) mass is 270 g/mol. The number of aliphatic hydroxyl groups excluding tert-OH is 1. The van der Waals surface area contributed by atoms with E-state index in [1.807, 2.05) is 6.92 Å². The number of rotatable bonds is 5. The molecule has 0 amide bonds. The molecule has 5 nitrogen and oxygen atoms in total. The Kier molecular flexibility index (Phi) is 5.39. The van der Waals surface area contributed by atoms with Crippen LogP contribution >= 0.6 is 0 Å². The van der Waals surface area contributed by atoms with E-state index in [-0.39, 0.29) is 30.3 Å². The summed E-state index contributed by atoms with van der Waals surface area (Å²) >= 11 is 0. The number of ether oxygens (including phenoxy) is 2. The molecule has 1 atom stereocenters. The Morgan fingerprint density at radius 2 is 1.84 bits per heavy atom. The minimum absolute atomic E-state index is 0.0341. The maximum Gasteiger partial charge on any atom is 0.337 e. The molecule has 0 radical (unpaired) electrons. The predicted octanol–water partition coefficient (Wildman–Crippen LogP) is 2.51. The average molecular weight is 270 g/mol. The van der Waals surface area contributed by atoms with Crippen molar-refractivity contribution in [3.8, 4) is 0 Å². The molecule has 1 unspecified atom stereocenters. The summed E-state index contributed by atoms with van der Waals surface area (Å²) < 4.78 is 10.0. The van der Waals surface area contributed by atoms with Gasteiger partial charge in [0.2, 0.25) is 0 Å². The lowest BCUT2D eigenvalue weighted by Crippen LogP contribution is -2.37. The first-order valence-electron chi connectivity index (χ1n) is 6.76. The molecule has 0 saturated carbocycles. The smallest absolute Gasteiger partial charge is 0.337 e. The topological polar surface area (TPSA) is 72.8 Å². The van der Waals surface area contributed by atoms with E-state index in [4.69, 9.17) is 9.47 Å². The van der Waals surface area contributed by atoms with Crippen LogP contribution in [0.4, 0.5) is 0 Å². The van der Waals surface area contributed by atoms with Crippen molar-refractivity contribution in [2.45, 2.75) is 46.5 Å². The Morgan fingerprint density at radius 1 is 1.21 bits per heavy atom. The van der Waals surface area contributed by atoms with E-state index in [1.165, 1.54) is 0 Å². The summed E-state index contributed by atoms with van der Waals surface area (Å²) in [6.07, 6.45) is 1.56. The van der Waals surface area contributed by atoms with E-state index < -0.39 is 11.4 Å². The minimum atomic E-state index is -0.718. The molecule has 0 aromatic rings. The van der Waals surface area contributed by atoms with Crippen LogP contribution in [0.15, 0.2) is 11.3 Å². The molecule has 0 aromatic carbocycles. The Hall–Kier alpha value is -1.52. The summed E-state index contributed by atoms with van der Waals surface area (Å²) in [5, 5.41) is 9.83. The van der Waals surface area contributed by atoms with Crippen molar-refractivity contribution in [1.82, 2.24) is 0 Å². The van der Waals surface area contributed by atoms with Crippen molar-refractivity contribution < 1.29 is 24.2 Å². The molecule has 1 aliphatic carbocycles. The molecule has 0 saturated heterocycles. The van der Waals surface area contributed by atoms with Gasteiger partial charge in [0.15, 0.2) is 0 Å². The second-order valence-electron chi connectivity index (χ2n) is 4.68. The molecule has 0 spiro atoms. The molecule has 0 aromatic heterocycles. The number of allylic oxidation sites excluding steroid dienone is 1. The third-order valence-corrected chi connectivity index (χ3v) is 3.61. The van der Waals surface area contributed by atoms with Gasteiger partial charge in [0.05, 0.1) is 24.2 Å². The highest BCUT2D eigenvalue weighted by molar-refractivity contribution is 5.91. The van der Waals surface area contributed by atoms with Crippen molar-refractivity contribution in [2.75, 3.05) is 13.2 Å². The van der Waals surface area contributed by atoms with Crippen molar-refractivity contribution in [2.24, 2.45) is 5.41 Å². The highest BCUT2D eigenvalue weighted by Gasteiger charge is 2.44. The lowest BCUT2D eigenvalue weighted by Gasteiger charge is -2.34. The molecule has 1 aliphatic rings. The van der Waals surface area contributed by atoms with E-state index in [0.29, 0.717) is 25.9 Å². The van der Waals surface area contributed by atoms with Gasteiger partial charge in [-0.2, -0.15) is 0 Å². The van der Waals surface area contributed by atoms with Gasteiger partial charge >= 0.3 is 11.9 Å². The number of esters is 2. The van der Waals surface area contributed by atoms with Gasteiger partial charge in [-0.05, 0) is 33.1 Å².